The summed E-state index contributed by atoms with van der Waals surface area (Å²) in [5.74, 6) is 0.287. The van der Waals surface area contributed by atoms with Gasteiger partial charge in [0.1, 0.15) is 5.75 Å². The number of nitrogens with zero attached hydrogens (tertiary/aromatic N) is 1. The van der Waals surface area contributed by atoms with Gasteiger partial charge in [0.05, 0.1) is 18.4 Å². The molecular weight excluding hydrogens is 266 g/mol. The fraction of sp³-hybridized carbons (Fsp3) is 0.235. The van der Waals surface area contributed by atoms with Gasteiger partial charge < -0.3 is 14.7 Å². The van der Waals surface area contributed by atoms with Crippen molar-refractivity contribution in [3.63, 3.8) is 0 Å². The van der Waals surface area contributed by atoms with Gasteiger partial charge in [-0.05, 0) is 23.8 Å². The molecule has 1 aliphatic heterocycles. The molecule has 0 radical (unpaired) electrons. The van der Waals surface area contributed by atoms with E-state index in [1.165, 1.54) is 5.56 Å². The minimum atomic E-state index is -0.918. The van der Waals surface area contributed by atoms with E-state index in [4.69, 9.17) is 9.84 Å². The Morgan fingerprint density at radius 2 is 1.90 bits per heavy atom. The van der Waals surface area contributed by atoms with Crippen molar-refractivity contribution < 1.29 is 14.6 Å². The van der Waals surface area contributed by atoms with Crippen molar-refractivity contribution >= 4 is 11.7 Å². The Balaban J connectivity index is 1.79. The molecule has 0 atom stereocenters. The second-order valence-corrected chi connectivity index (χ2v) is 5.20. The molecule has 1 aliphatic rings. The minimum absolute atomic E-state index is 0.286. The highest BCUT2D eigenvalue weighted by atomic mass is 16.5. The van der Waals surface area contributed by atoms with Crippen LogP contribution in [0.25, 0.3) is 0 Å². The van der Waals surface area contributed by atoms with Crippen LogP contribution < -0.4 is 9.64 Å². The van der Waals surface area contributed by atoms with E-state index in [2.05, 4.69) is 17.0 Å². The molecule has 1 fully saturated rings. The van der Waals surface area contributed by atoms with Gasteiger partial charge in [-0.1, -0.05) is 30.3 Å². The maximum Gasteiger partial charge on any atom is 0.335 e. The van der Waals surface area contributed by atoms with Crippen LogP contribution in [0, 0.1) is 0 Å². The number of anilines is 1. The van der Waals surface area contributed by atoms with Crippen LogP contribution in [-0.4, -0.2) is 31.3 Å². The van der Waals surface area contributed by atoms with E-state index in [9.17, 15) is 4.79 Å². The Morgan fingerprint density at radius 3 is 2.52 bits per heavy atom. The topological polar surface area (TPSA) is 49.8 Å². The fourth-order valence-corrected chi connectivity index (χ4v) is 2.68. The van der Waals surface area contributed by atoms with Gasteiger partial charge in [-0.3, -0.25) is 0 Å². The number of hydrogen-bond donors (Lipinski definition) is 1. The third kappa shape index (κ3) is 2.57. The Morgan fingerprint density at radius 1 is 1.19 bits per heavy atom. The quantitative estimate of drug-likeness (QED) is 0.937. The molecule has 1 N–H and O–H groups in total. The SMILES string of the molecule is COc1ccc(C(=O)O)cc1N1CC(c2ccccc2)C1. The van der Waals surface area contributed by atoms with Crippen molar-refractivity contribution in [3.8, 4) is 5.75 Å². The summed E-state index contributed by atoms with van der Waals surface area (Å²) in [6.45, 7) is 1.76. The van der Waals surface area contributed by atoms with E-state index in [1.54, 1.807) is 25.3 Å². The number of aromatic carboxylic acids is 1. The number of ether oxygens (including phenoxy) is 1. The summed E-state index contributed by atoms with van der Waals surface area (Å²) in [6.07, 6.45) is 0. The summed E-state index contributed by atoms with van der Waals surface area (Å²) in [6, 6.07) is 15.3. The van der Waals surface area contributed by atoms with Crippen molar-refractivity contribution in [3.05, 3.63) is 59.7 Å². The summed E-state index contributed by atoms with van der Waals surface area (Å²) < 4.78 is 5.34. The second-order valence-electron chi connectivity index (χ2n) is 5.20. The lowest BCUT2D eigenvalue weighted by Crippen LogP contribution is -2.45. The standard InChI is InChI=1S/C17H17NO3/c1-21-16-8-7-13(17(19)20)9-15(16)18-10-14(11-18)12-5-3-2-4-6-12/h2-9,14H,10-11H2,1H3,(H,19,20). The van der Waals surface area contributed by atoms with Crippen LogP contribution in [-0.2, 0) is 0 Å². The third-order valence-corrected chi connectivity index (χ3v) is 3.92. The summed E-state index contributed by atoms with van der Waals surface area (Å²) in [5, 5.41) is 9.12. The Kier molecular flexibility index (Phi) is 3.52. The van der Waals surface area contributed by atoms with E-state index in [0.717, 1.165) is 18.8 Å². The average molecular weight is 283 g/mol. The van der Waals surface area contributed by atoms with Crippen LogP contribution in [0.2, 0.25) is 0 Å². The van der Waals surface area contributed by atoms with Gasteiger partial charge in [-0.25, -0.2) is 4.79 Å². The van der Waals surface area contributed by atoms with Crippen LogP contribution in [0.5, 0.6) is 5.75 Å². The Hall–Kier alpha value is -2.49. The molecule has 108 valence electrons. The lowest BCUT2D eigenvalue weighted by molar-refractivity contribution is 0.0697. The number of rotatable bonds is 4. The lowest BCUT2D eigenvalue weighted by Gasteiger charge is -2.42. The zero-order valence-electron chi connectivity index (χ0n) is 11.8. The summed E-state index contributed by atoms with van der Waals surface area (Å²) in [5.41, 5.74) is 2.46. The summed E-state index contributed by atoms with van der Waals surface area (Å²) in [7, 11) is 1.60. The van der Waals surface area contributed by atoms with E-state index in [-0.39, 0.29) is 5.56 Å². The summed E-state index contributed by atoms with van der Waals surface area (Å²) >= 11 is 0. The molecule has 0 bridgehead atoms. The molecule has 0 amide bonds. The van der Waals surface area contributed by atoms with Crippen LogP contribution >= 0.6 is 0 Å². The first-order chi connectivity index (χ1) is 10.2. The van der Waals surface area contributed by atoms with Gasteiger partial charge in [0.15, 0.2) is 0 Å². The van der Waals surface area contributed by atoms with Crippen molar-refractivity contribution in [2.45, 2.75) is 5.92 Å². The van der Waals surface area contributed by atoms with E-state index in [0.29, 0.717) is 11.7 Å². The number of benzene rings is 2. The molecule has 2 aromatic rings. The van der Waals surface area contributed by atoms with Gasteiger partial charge in [0.25, 0.3) is 0 Å². The first-order valence-corrected chi connectivity index (χ1v) is 6.90. The predicted molar refractivity (Wildman–Crippen MR) is 81.3 cm³/mol. The molecule has 1 saturated heterocycles. The van der Waals surface area contributed by atoms with Gasteiger partial charge >= 0.3 is 5.97 Å². The van der Waals surface area contributed by atoms with Gasteiger partial charge in [0, 0.05) is 19.0 Å². The largest absolute Gasteiger partial charge is 0.495 e. The number of methoxy groups -OCH3 is 1. The zero-order valence-corrected chi connectivity index (χ0v) is 11.8. The van der Waals surface area contributed by atoms with Crippen LogP contribution in [0.15, 0.2) is 48.5 Å². The molecule has 3 rings (SSSR count). The van der Waals surface area contributed by atoms with E-state index in [1.807, 2.05) is 18.2 Å². The van der Waals surface area contributed by atoms with Crippen molar-refractivity contribution in [2.24, 2.45) is 0 Å². The van der Waals surface area contributed by atoms with E-state index >= 15 is 0 Å². The van der Waals surface area contributed by atoms with Crippen molar-refractivity contribution in [2.75, 3.05) is 25.1 Å². The predicted octanol–water partition coefficient (Wildman–Crippen LogP) is 3.00. The molecule has 0 unspecified atom stereocenters. The molecular formula is C17H17NO3. The maximum atomic E-state index is 11.1. The monoisotopic (exact) mass is 283 g/mol. The van der Waals surface area contributed by atoms with Gasteiger partial charge in [0.2, 0.25) is 0 Å². The molecule has 0 saturated carbocycles. The fourth-order valence-electron chi connectivity index (χ4n) is 2.68. The van der Waals surface area contributed by atoms with Crippen LogP contribution in [0.1, 0.15) is 21.8 Å². The number of hydrogen-bond acceptors (Lipinski definition) is 3. The molecule has 0 spiro atoms. The molecule has 4 heteroatoms. The number of carbonyl (C=O) groups is 1. The molecule has 1 heterocycles. The molecule has 0 aromatic heterocycles. The Bertz CT molecular complexity index is 648. The first kappa shape index (κ1) is 13.5. The number of carboxylic acid groups (broad SMARTS) is 1. The molecule has 4 nitrogen and oxygen atoms in total. The molecule has 21 heavy (non-hydrogen) atoms. The molecule has 2 aromatic carbocycles. The van der Waals surface area contributed by atoms with Crippen LogP contribution in [0.3, 0.4) is 0 Å². The molecule has 0 aliphatic carbocycles. The highest BCUT2D eigenvalue weighted by Gasteiger charge is 2.30. The summed E-state index contributed by atoms with van der Waals surface area (Å²) in [4.78, 5) is 13.3. The third-order valence-electron chi connectivity index (χ3n) is 3.92. The van der Waals surface area contributed by atoms with Crippen LogP contribution in [0.4, 0.5) is 5.69 Å². The maximum absolute atomic E-state index is 11.1. The van der Waals surface area contributed by atoms with E-state index < -0.39 is 5.97 Å². The first-order valence-electron chi connectivity index (χ1n) is 6.90. The number of carboxylic acids is 1. The minimum Gasteiger partial charge on any atom is -0.495 e. The van der Waals surface area contributed by atoms with Crippen molar-refractivity contribution in [1.82, 2.24) is 0 Å². The van der Waals surface area contributed by atoms with Crippen molar-refractivity contribution in [1.29, 1.82) is 0 Å². The smallest absolute Gasteiger partial charge is 0.335 e. The van der Waals surface area contributed by atoms with Gasteiger partial charge in [-0.2, -0.15) is 0 Å². The normalized spacial score (nSPS) is 14.6. The zero-order chi connectivity index (χ0) is 14.8. The lowest BCUT2D eigenvalue weighted by atomic mass is 9.91. The Labute approximate surface area is 123 Å². The highest BCUT2D eigenvalue weighted by molar-refractivity contribution is 5.89. The second kappa shape index (κ2) is 5.48. The van der Waals surface area contributed by atoms with Gasteiger partial charge in [-0.15, -0.1) is 0 Å². The highest BCUT2D eigenvalue weighted by Crippen LogP contribution is 2.37. The average Bonchev–Trinajstić information content (AvgIpc) is 2.46.